The van der Waals surface area contributed by atoms with E-state index in [9.17, 15) is 18.0 Å². The quantitative estimate of drug-likeness (QED) is 0.736. The summed E-state index contributed by atoms with van der Waals surface area (Å²) in [6.07, 6.45) is 0. The zero-order valence-electron chi connectivity index (χ0n) is 8.21. The third-order valence-corrected chi connectivity index (χ3v) is 2.80. The van der Waals surface area contributed by atoms with Crippen molar-refractivity contribution in [2.45, 2.75) is 17.7 Å². The van der Waals surface area contributed by atoms with E-state index in [0.29, 0.717) is 26.3 Å². The van der Waals surface area contributed by atoms with E-state index in [2.05, 4.69) is 0 Å². The smallest absolute Gasteiger partial charge is 0.378 e. The Balaban J connectivity index is 2.44. The van der Waals surface area contributed by atoms with Crippen molar-refractivity contribution in [1.82, 2.24) is 4.90 Å². The van der Waals surface area contributed by atoms with Crippen molar-refractivity contribution in [3.05, 3.63) is 0 Å². The van der Waals surface area contributed by atoms with E-state index in [4.69, 9.17) is 4.74 Å². The molecule has 0 bridgehead atoms. The Morgan fingerprint density at radius 2 is 1.93 bits per heavy atom. The molecular weight excluding hydrogens is 231 g/mol. The number of halogens is 3. The van der Waals surface area contributed by atoms with Crippen LogP contribution in [0.25, 0.3) is 0 Å². The van der Waals surface area contributed by atoms with Crippen molar-refractivity contribution >= 4 is 17.7 Å². The molecule has 3 nitrogen and oxygen atoms in total. The predicted octanol–water partition coefficient (Wildman–Crippen LogP) is 1.49. The lowest BCUT2D eigenvalue weighted by Gasteiger charge is -2.29. The number of thioether (sulfide) groups is 1. The summed E-state index contributed by atoms with van der Waals surface area (Å²) in [6.45, 7) is 2.82. The van der Waals surface area contributed by atoms with Gasteiger partial charge >= 0.3 is 5.51 Å². The molecule has 0 aromatic carbocycles. The maximum atomic E-state index is 12.0. The molecule has 0 N–H and O–H groups in total. The average Bonchev–Trinajstić information content (AvgIpc) is 2.15. The van der Waals surface area contributed by atoms with Gasteiger partial charge in [0.1, 0.15) is 0 Å². The summed E-state index contributed by atoms with van der Waals surface area (Å²) in [6, 6.07) is 0. The van der Waals surface area contributed by atoms with Crippen molar-refractivity contribution in [3.8, 4) is 0 Å². The molecule has 0 spiro atoms. The van der Waals surface area contributed by atoms with Crippen LogP contribution in [-0.4, -0.2) is 47.9 Å². The standard InChI is InChI=1S/C8H12F3NO2S/c1-6(15-8(9,10)11)7(13)12-2-4-14-5-3-12/h6H,2-5H2,1H3/t6-/m0/s1. The van der Waals surface area contributed by atoms with Crippen LogP contribution in [0.2, 0.25) is 0 Å². The van der Waals surface area contributed by atoms with Crippen LogP contribution in [0.4, 0.5) is 13.2 Å². The normalized spacial score (nSPS) is 20.1. The number of ether oxygens (including phenoxy) is 1. The van der Waals surface area contributed by atoms with E-state index >= 15 is 0 Å². The molecule has 1 fully saturated rings. The zero-order valence-corrected chi connectivity index (χ0v) is 9.03. The van der Waals surface area contributed by atoms with Crippen LogP contribution >= 0.6 is 11.8 Å². The summed E-state index contributed by atoms with van der Waals surface area (Å²) in [4.78, 5) is 12.9. The van der Waals surface area contributed by atoms with Gasteiger partial charge in [-0.1, -0.05) is 0 Å². The molecule has 0 aromatic rings. The second-order valence-electron chi connectivity index (χ2n) is 3.14. The summed E-state index contributed by atoms with van der Waals surface area (Å²) in [5.41, 5.74) is -4.36. The monoisotopic (exact) mass is 243 g/mol. The van der Waals surface area contributed by atoms with Gasteiger partial charge in [0.25, 0.3) is 0 Å². The first kappa shape index (κ1) is 12.6. The van der Waals surface area contributed by atoms with Gasteiger partial charge in [-0.3, -0.25) is 4.79 Å². The molecule has 0 saturated carbocycles. The highest BCUT2D eigenvalue weighted by Crippen LogP contribution is 2.34. The third kappa shape index (κ3) is 4.29. The minimum absolute atomic E-state index is 0.274. The Labute approximate surface area is 89.9 Å². The van der Waals surface area contributed by atoms with Gasteiger partial charge in [-0.25, -0.2) is 0 Å². The molecule has 1 amide bonds. The highest BCUT2D eigenvalue weighted by atomic mass is 32.2. The van der Waals surface area contributed by atoms with Crippen LogP contribution in [0.5, 0.6) is 0 Å². The van der Waals surface area contributed by atoms with Gasteiger partial charge in [-0.2, -0.15) is 13.2 Å². The van der Waals surface area contributed by atoms with Crippen LogP contribution in [0, 0.1) is 0 Å². The Morgan fingerprint density at radius 3 is 2.40 bits per heavy atom. The van der Waals surface area contributed by atoms with Crippen LogP contribution in [0.3, 0.4) is 0 Å². The largest absolute Gasteiger partial charge is 0.442 e. The fourth-order valence-corrected chi connectivity index (χ4v) is 1.94. The minimum atomic E-state index is -4.36. The lowest BCUT2D eigenvalue weighted by Crippen LogP contribution is -2.44. The number of carbonyl (C=O) groups is 1. The van der Waals surface area contributed by atoms with Crippen LogP contribution in [0.15, 0.2) is 0 Å². The van der Waals surface area contributed by atoms with Gasteiger partial charge < -0.3 is 9.64 Å². The molecule has 88 valence electrons. The van der Waals surface area contributed by atoms with E-state index in [0.717, 1.165) is 0 Å². The van der Waals surface area contributed by atoms with Crippen molar-refractivity contribution in [2.24, 2.45) is 0 Å². The molecule has 1 saturated heterocycles. The number of hydrogen-bond donors (Lipinski definition) is 0. The number of alkyl halides is 3. The number of nitrogens with zero attached hydrogens (tertiary/aromatic N) is 1. The summed E-state index contributed by atoms with van der Waals surface area (Å²) in [5, 5.41) is -1.08. The fourth-order valence-electron chi connectivity index (χ4n) is 1.29. The van der Waals surface area contributed by atoms with Crippen molar-refractivity contribution < 1.29 is 22.7 Å². The molecule has 1 atom stereocenters. The average molecular weight is 243 g/mol. The van der Waals surface area contributed by atoms with Gasteiger partial charge in [-0.05, 0) is 18.7 Å². The van der Waals surface area contributed by atoms with E-state index < -0.39 is 16.7 Å². The lowest BCUT2D eigenvalue weighted by molar-refractivity contribution is -0.134. The molecular formula is C8H12F3NO2S. The van der Waals surface area contributed by atoms with Gasteiger partial charge in [-0.15, -0.1) is 0 Å². The summed E-state index contributed by atoms with van der Waals surface area (Å²) < 4.78 is 41.0. The Morgan fingerprint density at radius 1 is 1.40 bits per heavy atom. The van der Waals surface area contributed by atoms with Crippen molar-refractivity contribution in [3.63, 3.8) is 0 Å². The van der Waals surface area contributed by atoms with Crippen molar-refractivity contribution in [2.75, 3.05) is 26.3 Å². The topological polar surface area (TPSA) is 29.5 Å². The predicted molar refractivity (Wildman–Crippen MR) is 50.5 cm³/mol. The first-order valence-electron chi connectivity index (χ1n) is 4.51. The molecule has 0 radical (unpaired) electrons. The third-order valence-electron chi connectivity index (χ3n) is 1.98. The van der Waals surface area contributed by atoms with Crippen LogP contribution in [0.1, 0.15) is 6.92 Å². The van der Waals surface area contributed by atoms with Gasteiger partial charge in [0, 0.05) is 13.1 Å². The summed E-state index contributed by atoms with van der Waals surface area (Å²) in [5.74, 6) is -0.472. The van der Waals surface area contributed by atoms with Crippen molar-refractivity contribution in [1.29, 1.82) is 0 Å². The molecule has 0 aromatic heterocycles. The van der Waals surface area contributed by atoms with E-state index in [1.807, 2.05) is 0 Å². The molecule has 1 heterocycles. The molecule has 0 unspecified atom stereocenters. The van der Waals surface area contributed by atoms with E-state index in [-0.39, 0.29) is 11.8 Å². The van der Waals surface area contributed by atoms with Gasteiger partial charge in [0.15, 0.2) is 0 Å². The van der Waals surface area contributed by atoms with Crippen LogP contribution in [-0.2, 0) is 9.53 Å². The minimum Gasteiger partial charge on any atom is -0.378 e. The number of rotatable bonds is 2. The second kappa shape index (κ2) is 5.07. The Kier molecular flexibility index (Phi) is 4.27. The molecule has 1 aliphatic rings. The first-order chi connectivity index (χ1) is 6.90. The first-order valence-corrected chi connectivity index (χ1v) is 5.39. The van der Waals surface area contributed by atoms with Gasteiger partial charge in [0.2, 0.25) is 5.91 Å². The molecule has 7 heteroatoms. The van der Waals surface area contributed by atoms with Gasteiger partial charge in [0.05, 0.1) is 18.5 Å². The lowest BCUT2D eigenvalue weighted by atomic mass is 10.3. The maximum Gasteiger partial charge on any atom is 0.442 e. The molecule has 1 rings (SSSR count). The number of hydrogen-bond acceptors (Lipinski definition) is 3. The second-order valence-corrected chi connectivity index (χ2v) is 4.55. The fraction of sp³-hybridized carbons (Fsp3) is 0.875. The molecule has 0 aliphatic carbocycles. The highest BCUT2D eigenvalue weighted by Gasteiger charge is 2.35. The summed E-state index contributed by atoms with van der Waals surface area (Å²) in [7, 11) is 0. The van der Waals surface area contributed by atoms with E-state index in [1.54, 1.807) is 0 Å². The Bertz CT molecular complexity index is 228. The highest BCUT2D eigenvalue weighted by molar-refractivity contribution is 8.01. The molecule has 1 aliphatic heterocycles. The zero-order chi connectivity index (χ0) is 11.5. The number of amides is 1. The SMILES string of the molecule is C[C@H](SC(F)(F)F)C(=O)N1CCOCC1. The number of morpholine rings is 1. The van der Waals surface area contributed by atoms with Crippen LogP contribution < -0.4 is 0 Å². The number of carbonyl (C=O) groups excluding carboxylic acids is 1. The maximum absolute atomic E-state index is 12.0. The molecule has 15 heavy (non-hydrogen) atoms. The summed E-state index contributed by atoms with van der Waals surface area (Å²) >= 11 is -0.274. The Hall–Kier alpha value is -0.430. The van der Waals surface area contributed by atoms with E-state index in [1.165, 1.54) is 11.8 Å².